The minimum Gasteiger partial charge on any atom is -0.374 e. The number of hydrogen-bond donors (Lipinski definition) is 0. The third-order valence-electron chi connectivity index (χ3n) is 10.3. The molecule has 3 saturated carbocycles. The predicted octanol–water partition coefficient (Wildman–Crippen LogP) is 9.56. The molecule has 0 aromatic carbocycles. The van der Waals surface area contributed by atoms with Crippen LogP contribution in [0.3, 0.4) is 0 Å². The van der Waals surface area contributed by atoms with Crippen LogP contribution in [0.15, 0.2) is 12.2 Å². The maximum absolute atomic E-state index is 12.4. The van der Waals surface area contributed by atoms with Crippen molar-refractivity contribution in [2.24, 2.45) is 41.4 Å². The molecule has 0 aromatic heterocycles. The van der Waals surface area contributed by atoms with Crippen molar-refractivity contribution < 1.29 is 13.5 Å². The summed E-state index contributed by atoms with van der Waals surface area (Å²) < 4.78 is 30.4. The van der Waals surface area contributed by atoms with Gasteiger partial charge in [0, 0.05) is 6.08 Å². The van der Waals surface area contributed by atoms with Crippen molar-refractivity contribution in [3.05, 3.63) is 12.2 Å². The van der Waals surface area contributed by atoms with Crippen molar-refractivity contribution >= 4 is 0 Å². The predicted molar refractivity (Wildman–Crippen MR) is 133 cm³/mol. The Hall–Kier alpha value is -0.440. The molecule has 2 atom stereocenters. The molecule has 190 valence electrons. The van der Waals surface area contributed by atoms with E-state index in [9.17, 15) is 8.78 Å². The third kappa shape index (κ3) is 7.77. The second-order valence-corrected chi connectivity index (χ2v) is 12.4. The van der Waals surface area contributed by atoms with Gasteiger partial charge in [-0.1, -0.05) is 51.9 Å². The first-order chi connectivity index (χ1) is 16.1. The minimum absolute atomic E-state index is 0.354. The Morgan fingerprint density at radius 3 is 1.45 bits per heavy atom. The average molecular weight is 465 g/mol. The smallest absolute Gasteiger partial charge is 0.268 e. The molecule has 1 nitrogen and oxygen atoms in total. The van der Waals surface area contributed by atoms with E-state index in [0.29, 0.717) is 12.5 Å². The maximum atomic E-state index is 12.4. The fourth-order valence-electron chi connectivity index (χ4n) is 8.19. The monoisotopic (exact) mass is 464 g/mol. The number of ether oxygens (including phenoxy) is 1. The van der Waals surface area contributed by atoms with E-state index in [4.69, 9.17) is 4.74 Å². The molecule has 0 spiro atoms. The van der Waals surface area contributed by atoms with Gasteiger partial charge in [0.2, 0.25) is 0 Å². The van der Waals surface area contributed by atoms with Crippen LogP contribution in [0.2, 0.25) is 0 Å². The first kappa shape index (κ1) is 25.6. The second-order valence-electron chi connectivity index (χ2n) is 12.4. The van der Waals surface area contributed by atoms with Crippen molar-refractivity contribution in [1.29, 1.82) is 0 Å². The van der Waals surface area contributed by atoms with Gasteiger partial charge in [-0.3, -0.25) is 0 Å². The molecule has 0 radical (unpaired) electrons. The van der Waals surface area contributed by atoms with Crippen LogP contribution in [0.1, 0.15) is 122 Å². The van der Waals surface area contributed by atoms with Crippen LogP contribution in [0.5, 0.6) is 0 Å². The molecule has 4 fully saturated rings. The van der Waals surface area contributed by atoms with Crippen molar-refractivity contribution in [1.82, 2.24) is 0 Å². The van der Waals surface area contributed by atoms with E-state index in [2.05, 4.69) is 6.92 Å². The summed E-state index contributed by atoms with van der Waals surface area (Å²) >= 11 is 0. The van der Waals surface area contributed by atoms with Gasteiger partial charge in [-0.15, -0.1) is 0 Å². The number of halogens is 2. The lowest BCUT2D eigenvalue weighted by atomic mass is 9.64. The molecule has 1 saturated heterocycles. The largest absolute Gasteiger partial charge is 0.374 e. The van der Waals surface area contributed by atoms with Crippen molar-refractivity contribution in [2.75, 3.05) is 6.61 Å². The van der Waals surface area contributed by atoms with Gasteiger partial charge in [0.15, 0.2) is 0 Å². The molecular weight excluding hydrogens is 414 g/mol. The van der Waals surface area contributed by atoms with Crippen LogP contribution in [0, 0.1) is 41.4 Å². The lowest BCUT2D eigenvalue weighted by molar-refractivity contribution is 0.00400. The topological polar surface area (TPSA) is 9.23 Å². The molecule has 0 bridgehead atoms. The summed E-state index contributed by atoms with van der Waals surface area (Å²) in [6, 6.07) is 0. The van der Waals surface area contributed by atoms with E-state index in [1.807, 2.05) is 0 Å². The summed E-state index contributed by atoms with van der Waals surface area (Å²) in [4.78, 5) is 0. The van der Waals surface area contributed by atoms with Gasteiger partial charge in [0.1, 0.15) is 0 Å². The van der Waals surface area contributed by atoms with E-state index < -0.39 is 6.08 Å². The van der Waals surface area contributed by atoms with Gasteiger partial charge in [-0.25, -0.2) is 0 Å². The zero-order valence-corrected chi connectivity index (χ0v) is 21.3. The molecule has 3 heteroatoms. The molecular formula is C30H50F2O. The van der Waals surface area contributed by atoms with Gasteiger partial charge in [0.05, 0.1) is 12.7 Å². The second kappa shape index (κ2) is 13.0. The van der Waals surface area contributed by atoms with E-state index in [0.717, 1.165) is 54.4 Å². The first-order valence-corrected chi connectivity index (χ1v) is 14.7. The van der Waals surface area contributed by atoms with Gasteiger partial charge in [-0.05, 0) is 112 Å². The fraction of sp³-hybridized carbons (Fsp3) is 0.933. The van der Waals surface area contributed by atoms with Crippen LogP contribution < -0.4 is 0 Å². The lowest BCUT2D eigenvalue weighted by Crippen LogP contribution is -2.30. The Balaban J connectivity index is 1.08. The summed E-state index contributed by atoms with van der Waals surface area (Å²) in [6.07, 6.45) is 24.2. The van der Waals surface area contributed by atoms with Crippen LogP contribution in [0.4, 0.5) is 8.78 Å². The molecule has 33 heavy (non-hydrogen) atoms. The quantitative estimate of drug-likeness (QED) is 0.347. The van der Waals surface area contributed by atoms with Crippen molar-refractivity contribution in [3.63, 3.8) is 0 Å². The van der Waals surface area contributed by atoms with Crippen molar-refractivity contribution in [3.8, 4) is 0 Å². The molecule has 1 heterocycles. The third-order valence-corrected chi connectivity index (χ3v) is 10.3. The zero-order chi connectivity index (χ0) is 23.0. The Morgan fingerprint density at radius 2 is 1.03 bits per heavy atom. The van der Waals surface area contributed by atoms with Crippen LogP contribution >= 0.6 is 0 Å². The van der Waals surface area contributed by atoms with Gasteiger partial charge < -0.3 is 4.74 Å². The lowest BCUT2D eigenvalue weighted by Gasteiger charge is -2.41. The van der Waals surface area contributed by atoms with Crippen LogP contribution in [0.25, 0.3) is 0 Å². The Labute approximate surface area is 202 Å². The molecule has 4 rings (SSSR count). The van der Waals surface area contributed by atoms with E-state index in [1.165, 1.54) is 103 Å². The summed E-state index contributed by atoms with van der Waals surface area (Å²) in [5, 5.41) is 0. The van der Waals surface area contributed by atoms with E-state index in [-0.39, 0.29) is 6.10 Å². The Bertz CT molecular complexity index is 568. The van der Waals surface area contributed by atoms with Gasteiger partial charge in [0.25, 0.3) is 6.08 Å². The summed E-state index contributed by atoms with van der Waals surface area (Å²) in [5.41, 5.74) is 0. The normalized spacial score (nSPS) is 40.3. The highest BCUT2D eigenvalue weighted by Crippen LogP contribution is 2.46. The summed E-state index contributed by atoms with van der Waals surface area (Å²) in [7, 11) is 0. The summed E-state index contributed by atoms with van der Waals surface area (Å²) in [6.45, 7) is 3.02. The van der Waals surface area contributed by atoms with E-state index >= 15 is 0 Å². The SMILES string of the molecule is CCCC1CCC(C2CCC(C3CCC(CCC4CCC(C=C(F)F)OC4)CC3)CC2)CC1. The fourth-order valence-corrected chi connectivity index (χ4v) is 8.19. The van der Waals surface area contributed by atoms with Crippen LogP contribution in [-0.4, -0.2) is 12.7 Å². The molecule has 0 amide bonds. The van der Waals surface area contributed by atoms with Gasteiger partial charge in [-0.2, -0.15) is 8.78 Å². The van der Waals surface area contributed by atoms with Gasteiger partial charge >= 0.3 is 0 Å². The van der Waals surface area contributed by atoms with E-state index in [1.54, 1.807) is 0 Å². The standard InChI is InChI=1S/C30H50F2O/c1-2-3-22-6-11-25(12-7-22)27-15-17-28(18-16-27)26-13-8-23(9-14-26)4-5-24-10-19-29(33-21-24)20-30(31)32/h20,22-29H,2-19,21H2,1H3. The highest BCUT2D eigenvalue weighted by Gasteiger charge is 2.34. The summed E-state index contributed by atoms with van der Waals surface area (Å²) in [5.74, 6) is 6.66. The average Bonchev–Trinajstić information content (AvgIpc) is 2.84. The molecule has 1 aliphatic heterocycles. The Morgan fingerprint density at radius 1 is 0.606 bits per heavy atom. The molecule has 3 aliphatic carbocycles. The zero-order valence-electron chi connectivity index (χ0n) is 21.3. The minimum atomic E-state index is -1.60. The maximum Gasteiger partial charge on any atom is 0.268 e. The number of rotatable bonds is 8. The molecule has 0 N–H and O–H groups in total. The van der Waals surface area contributed by atoms with Crippen LogP contribution in [-0.2, 0) is 4.74 Å². The Kier molecular flexibility index (Phi) is 10.1. The highest BCUT2D eigenvalue weighted by molar-refractivity contribution is 4.91. The molecule has 2 unspecified atom stereocenters. The van der Waals surface area contributed by atoms with Crippen molar-refractivity contribution in [2.45, 2.75) is 129 Å². The first-order valence-electron chi connectivity index (χ1n) is 14.7. The molecule has 4 aliphatic rings. The highest BCUT2D eigenvalue weighted by atomic mass is 19.3. The number of hydrogen-bond acceptors (Lipinski definition) is 1. The molecule has 0 aromatic rings.